The van der Waals surface area contributed by atoms with Crippen LogP contribution in [-0.4, -0.2) is 23.3 Å². The highest BCUT2D eigenvalue weighted by Gasteiger charge is 2.50. The highest BCUT2D eigenvalue weighted by molar-refractivity contribution is 9.10. The molecular formula is C19H16BrNO3. The van der Waals surface area contributed by atoms with Gasteiger partial charge in [-0.3, -0.25) is 9.59 Å². The summed E-state index contributed by atoms with van der Waals surface area (Å²) in [4.78, 5) is 26.8. The summed E-state index contributed by atoms with van der Waals surface area (Å²) in [6.07, 6.45) is 1.30. The Morgan fingerprint density at radius 1 is 1.25 bits per heavy atom. The van der Waals surface area contributed by atoms with E-state index in [1.54, 1.807) is 48.5 Å². The van der Waals surface area contributed by atoms with Gasteiger partial charge in [-0.15, -0.1) is 6.58 Å². The summed E-state index contributed by atoms with van der Waals surface area (Å²) in [6.45, 7) is 3.93. The van der Waals surface area contributed by atoms with Crippen molar-refractivity contribution in [1.82, 2.24) is 0 Å². The highest BCUT2D eigenvalue weighted by atomic mass is 79.9. The molecule has 3 rings (SSSR count). The third-order valence-corrected chi connectivity index (χ3v) is 4.61. The quantitative estimate of drug-likeness (QED) is 0.633. The van der Waals surface area contributed by atoms with E-state index in [0.717, 1.165) is 4.47 Å². The van der Waals surface area contributed by atoms with E-state index >= 15 is 0 Å². The molecule has 24 heavy (non-hydrogen) atoms. The zero-order valence-corrected chi connectivity index (χ0v) is 14.5. The maximum absolute atomic E-state index is 12.8. The average Bonchev–Trinajstić information content (AvgIpc) is 2.78. The van der Waals surface area contributed by atoms with Gasteiger partial charge in [0.05, 0.1) is 12.1 Å². The van der Waals surface area contributed by atoms with E-state index in [2.05, 4.69) is 22.5 Å². The number of nitrogens with zero attached hydrogens (tertiary/aromatic N) is 1. The summed E-state index contributed by atoms with van der Waals surface area (Å²) in [6, 6.07) is 13.9. The number of hydrogen-bond donors (Lipinski definition) is 1. The first-order valence-electron chi connectivity index (χ1n) is 7.51. The Kier molecular flexibility index (Phi) is 4.39. The van der Waals surface area contributed by atoms with E-state index in [0.29, 0.717) is 16.8 Å². The van der Waals surface area contributed by atoms with Crippen molar-refractivity contribution in [1.29, 1.82) is 0 Å². The molecule has 0 aromatic heterocycles. The van der Waals surface area contributed by atoms with Gasteiger partial charge in [-0.25, -0.2) is 0 Å². The van der Waals surface area contributed by atoms with E-state index in [9.17, 15) is 14.7 Å². The van der Waals surface area contributed by atoms with Gasteiger partial charge < -0.3 is 10.0 Å². The zero-order valence-electron chi connectivity index (χ0n) is 12.9. The average molecular weight is 386 g/mol. The number of amides is 1. The Bertz CT molecular complexity index is 833. The first kappa shape index (κ1) is 16.6. The minimum Gasteiger partial charge on any atom is -0.375 e. The maximum Gasteiger partial charge on any atom is 0.264 e. The molecule has 0 spiro atoms. The van der Waals surface area contributed by atoms with Gasteiger partial charge in [0.25, 0.3) is 5.91 Å². The van der Waals surface area contributed by atoms with Crippen molar-refractivity contribution in [2.75, 3.05) is 11.4 Å². The summed E-state index contributed by atoms with van der Waals surface area (Å²) in [5, 5.41) is 11.1. The number of Topliss-reactive ketones (excluding diaryl/α,β-unsaturated/α-hetero) is 1. The molecule has 122 valence electrons. The van der Waals surface area contributed by atoms with Crippen LogP contribution < -0.4 is 4.90 Å². The maximum atomic E-state index is 12.8. The third-order valence-electron chi connectivity index (χ3n) is 4.11. The molecule has 1 amide bonds. The molecule has 4 nitrogen and oxygen atoms in total. The lowest BCUT2D eigenvalue weighted by molar-refractivity contribution is -0.135. The SMILES string of the molecule is C=CCN1C(=O)C(O)(CC(=O)c2cccc(Br)c2)c2ccccc21. The first-order chi connectivity index (χ1) is 11.5. The lowest BCUT2D eigenvalue weighted by Crippen LogP contribution is -2.41. The molecule has 0 fully saturated rings. The summed E-state index contributed by atoms with van der Waals surface area (Å²) in [5.74, 6) is -0.783. The molecule has 1 unspecified atom stereocenters. The molecule has 1 aliphatic heterocycles. The minimum atomic E-state index is -1.85. The zero-order chi connectivity index (χ0) is 17.3. The van der Waals surface area contributed by atoms with E-state index in [1.165, 1.54) is 4.90 Å². The van der Waals surface area contributed by atoms with Gasteiger partial charge in [0.1, 0.15) is 0 Å². The van der Waals surface area contributed by atoms with Crippen LogP contribution in [0, 0.1) is 0 Å². The number of anilines is 1. The van der Waals surface area contributed by atoms with Gasteiger partial charge >= 0.3 is 0 Å². The molecule has 1 heterocycles. The van der Waals surface area contributed by atoms with E-state index < -0.39 is 11.5 Å². The second kappa shape index (κ2) is 6.34. The molecule has 1 N–H and O–H groups in total. The van der Waals surface area contributed by atoms with Crippen molar-refractivity contribution in [3.05, 3.63) is 76.8 Å². The van der Waals surface area contributed by atoms with Crippen LogP contribution in [0.1, 0.15) is 22.3 Å². The molecule has 0 saturated heterocycles. The van der Waals surface area contributed by atoms with E-state index in [1.807, 2.05) is 6.07 Å². The normalized spacial score (nSPS) is 19.2. The van der Waals surface area contributed by atoms with E-state index in [4.69, 9.17) is 0 Å². The number of aliphatic hydroxyl groups is 1. The predicted molar refractivity (Wildman–Crippen MR) is 96.0 cm³/mol. The topological polar surface area (TPSA) is 57.6 Å². The molecule has 0 radical (unpaired) electrons. The number of ketones is 1. The second-order valence-corrected chi connectivity index (χ2v) is 6.61. The fourth-order valence-corrected chi connectivity index (χ4v) is 3.38. The van der Waals surface area contributed by atoms with Crippen molar-refractivity contribution < 1.29 is 14.7 Å². The molecule has 0 saturated carbocycles. The van der Waals surface area contributed by atoms with E-state index in [-0.39, 0.29) is 18.7 Å². The van der Waals surface area contributed by atoms with Crippen LogP contribution in [0.5, 0.6) is 0 Å². The van der Waals surface area contributed by atoms with Crippen LogP contribution in [0.3, 0.4) is 0 Å². The number of fused-ring (bicyclic) bond motifs is 1. The summed E-state index contributed by atoms with van der Waals surface area (Å²) in [5.41, 5.74) is -0.323. The highest BCUT2D eigenvalue weighted by Crippen LogP contribution is 2.42. The van der Waals surface area contributed by atoms with Crippen molar-refractivity contribution in [2.45, 2.75) is 12.0 Å². The van der Waals surface area contributed by atoms with Crippen molar-refractivity contribution in [3.8, 4) is 0 Å². The van der Waals surface area contributed by atoms with Crippen LogP contribution >= 0.6 is 15.9 Å². The van der Waals surface area contributed by atoms with Gasteiger partial charge in [0, 0.05) is 22.1 Å². The number of benzene rings is 2. The number of rotatable bonds is 5. The summed E-state index contributed by atoms with van der Waals surface area (Å²) < 4.78 is 0.770. The number of halogens is 1. The Morgan fingerprint density at radius 3 is 2.71 bits per heavy atom. The Balaban J connectivity index is 1.98. The molecule has 0 bridgehead atoms. The number of para-hydroxylation sites is 1. The van der Waals surface area contributed by atoms with Crippen molar-refractivity contribution in [2.24, 2.45) is 0 Å². The Morgan fingerprint density at radius 2 is 2.00 bits per heavy atom. The smallest absolute Gasteiger partial charge is 0.264 e. The largest absolute Gasteiger partial charge is 0.375 e. The number of carbonyl (C=O) groups is 2. The predicted octanol–water partition coefficient (Wildman–Crippen LogP) is 3.44. The minimum absolute atomic E-state index is 0.281. The lowest BCUT2D eigenvalue weighted by Gasteiger charge is -2.22. The third kappa shape index (κ3) is 2.70. The molecule has 5 heteroatoms. The molecule has 1 aliphatic rings. The fraction of sp³-hybridized carbons (Fsp3) is 0.158. The first-order valence-corrected chi connectivity index (χ1v) is 8.30. The molecular weight excluding hydrogens is 370 g/mol. The van der Waals surface area contributed by atoms with Crippen molar-refractivity contribution in [3.63, 3.8) is 0 Å². The van der Waals surface area contributed by atoms with Crippen LogP contribution in [0.15, 0.2) is 65.7 Å². The van der Waals surface area contributed by atoms with Crippen LogP contribution in [0.25, 0.3) is 0 Å². The molecule has 2 aromatic carbocycles. The van der Waals surface area contributed by atoms with Gasteiger partial charge in [0.2, 0.25) is 0 Å². The number of carbonyl (C=O) groups excluding carboxylic acids is 2. The van der Waals surface area contributed by atoms with Gasteiger partial charge in [-0.05, 0) is 18.2 Å². The van der Waals surface area contributed by atoms with Crippen molar-refractivity contribution >= 4 is 33.3 Å². The Hall–Kier alpha value is -2.24. The molecule has 2 aromatic rings. The van der Waals surface area contributed by atoms with Gasteiger partial charge in [-0.2, -0.15) is 0 Å². The fourth-order valence-electron chi connectivity index (χ4n) is 2.98. The molecule has 1 atom stereocenters. The van der Waals surface area contributed by atoms with Crippen LogP contribution in [0.2, 0.25) is 0 Å². The second-order valence-electron chi connectivity index (χ2n) is 5.69. The summed E-state index contributed by atoms with van der Waals surface area (Å²) in [7, 11) is 0. The molecule has 0 aliphatic carbocycles. The van der Waals surface area contributed by atoms with Gasteiger partial charge in [-0.1, -0.05) is 52.3 Å². The summed E-state index contributed by atoms with van der Waals surface area (Å²) >= 11 is 3.32. The van der Waals surface area contributed by atoms with Crippen LogP contribution in [-0.2, 0) is 10.4 Å². The lowest BCUT2D eigenvalue weighted by atomic mass is 9.88. The number of hydrogen-bond acceptors (Lipinski definition) is 3. The standard InChI is InChI=1S/C19H16BrNO3/c1-2-10-21-16-9-4-3-8-15(16)19(24,18(21)23)12-17(22)13-6-5-7-14(20)11-13/h2-9,11,24H,1,10,12H2. The van der Waals surface area contributed by atoms with Crippen LogP contribution in [0.4, 0.5) is 5.69 Å². The van der Waals surface area contributed by atoms with Gasteiger partial charge in [0.15, 0.2) is 11.4 Å². The Labute approximate surface area is 148 Å². The monoisotopic (exact) mass is 385 g/mol.